The van der Waals surface area contributed by atoms with Gasteiger partial charge in [0.1, 0.15) is 6.17 Å². The van der Waals surface area contributed by atoms with E-state index in [1.807, 2.05) is 13.0 Å². The van der Waals surface area contributed by atoms with Crippen molar-refractivity contribution in [3.05, 3.63) is 96.1 Å². The fraction of sp³-hybridized carbons (Fsp3) is 0.182. The van der Waals surface area contributed by atoms with Crippen LogP contribution in [0.1, 0.15) is 17.3 Å². The largest absolute Gasteiger partial charge is 0.244 e. The molecule has 6 nitrogen and oxygen atoms in total. The van der Waals surface area contributed by atoms with Gasteiger partial charge in [0.05, 0.1) is 9.79 Å². The Kier molecular flexibility index (Phi) is 5.50. The molecule has 4 rings (SSSR count). The van der Waals surface area contributed by atoms with Crippen LogP contribution >= 0.6 is 0 Å². The second-order valence-electron chi connectivity index (χ2n) is 7.14. The summed E-state index contributed by atoms with van der Waals surface area (Å²) in [6, 6.07) is 23.5. The molecule has 0 unspecified atom stereocenters. The molecule has 3 aromatic rings. The Labute approximate surface area is 177 Å². The van der Waals surface area contributed by atoms with E-state index in [0.29, 0.717) is 5.56 Å². The van der Waals surface area contributed by atoms with Crippen LogP contribution in [0.3, 0.4) is 0 Å². The zero-order valence-corrected chi connectivity index (χ0v) is 18.1. The summed E-state index contributed by atoms with van der Waals surface area (Å²) in [5, 5.41) is 0. The van der Waals surface area contributed by atoms with Gasteiger partial charge in [-0.25, -0.2) is 16.8 Å². The fourth-order valence-corrected chi connectivity index (χ4v) is 6.84. The number of hydrogen-bond acceptors (Lipinski definition) is 4. The van der Waals surface area contributed by atoms with Crippen molar-refractivity contribution in [2.24, 2.45) is 0 Å². The molecular formula is C22H22N2O4S2. The van der Waals surface area contributed by atoms with Crippen molar-refractivity contribution in [2.75, 3.05) is 13.1 Å². The number of nitrogens with zero attached hydrogens (tertiary/aromatic N) is 2. The van der Waals surface area contributed by atoms with Crippen LogP contribution in [-0.2, 0) is 20.0 Å². The number of hydrogen-bond donors (Lipinski definition) is 0. The maximum atomic E-state index is 13.4. The Bertz CT molecular complexity index is 1230. The molecule has 1 aliphatic heterocycles. The van der Waals surface area contributed by atoms with Crippen molar-refractivity contribution in [2.45, 2.75) is 22.9 Å². The van der Waals surface area contributed by atoms with Gasteiger partial charge in [-0.15, -0.1) is 0 Å². The minimum Gasteiger partial charge on any atom is -0.207 e. The van der Waals surface area contributed by atoms with Gasteiger partial charge in [0, 0.05) is 13.1 Å². The normalized spacial score (nSPS) is 18.5. The summed E-state index contributed by atoms with van der Waals surface area (Å²) in [6.45, 7) is 2.02. The molecule has 0 aliphatic carbocycles. The molecular weight excluding hydrogens is 420 g/mol. The average molecular weight is 443 g/mol. The molecule has 1 heterocycles. The van der Waals surface area contributed by atoms with Crippen molar-refractivity contribution < 1.29 is 16.8 Å². The Hall–Kier alpha value is -2.52. The van der Waals surface area contributed by atoms with Crippen molar-refractivity contribution in [1.29, 1.82) is 0 Å². The van der Waals surface area contributed by atoms with Gasteiger partial charge in [0.15, 0.2) is 0 Å². The first kappa shape index (κ1) is 20.7. The van der Waals surface area contributed by atoms with Gasteiger partial charge in [0.25, 0.3) is 0 Å². The summed E-state index contributed by atoms with van der Waals surface area (Å²) in [5.41, 5.74) is 1.55. The second-order valence-corrected chi connectivity index (χ2v) is 10.9. The molecule has 0 radical (unpaired) electrons. The minimum atomic E-state index is -3.90. The average Bonchev–Trinajstić information content (AvgIpc) is 3.22. The first-order valence-corrected chi connectivity index (χ1v) is 12.4. The Morgan fingerprint density at radius 2 is 1.07 bits per heavy atom. The standard InChI is InChI=1S/C22H22N2O4S2/c1-18-12-14-21(15-13-18)30(27,28)24-17-16-23(22(24)19-8-4-2-5-9-19)29(25,26)20-10-6-3-7-11-20/h2-15,22H,16-17H2,1H3/t22-/m1/s1. The monoisotopic (exact) mass is 442 g/mol. The molecule has 0 amide bonds. The minimum absolute atomic E-state index is 0.0713. The topological polar surface area (TPSA) is 74.8 Å². The third-order valence-corrected chi connectivity index (χ3v) is 8.90. The first-order valence-electron chi connectivity index (χ1n) is 9.52. The zero-order chi connectivity index (χ0) is 21.4. The van der Waals surface area contributed by atoms with E-state index in [-0.39, 0.29) is 22.9 Å². The molecule has 1 fully saturated rings. The molecule has 0 spiro atoms. The van der Waals surface area contributed by atoms with Crippen LogP contribution in [0.15, 0.2) is 94.7 Å². The summed E-state index contributed by atoms with van der Waals surface area (Å²) in [7, 11) is -7.79. The van der Waals surface area contributed by atoms with Gasteiger partial charge in [-0.05, 0) is 36.8 Å². The van der Waals surface area contributed by atoms with E-state index in [2.05, 4.69) is 0 Å². The Morgan fingerprint density at radius 3 is 1.57 bits per heavy atom. The highest BCUT2D eigenvalue weighted by Gasteiger charge is 2.46. The van der Waals surface area contributed by atoms with Crippen LogP contribution in [0.5, 0.6) is 0 Å². The third-order valence-electron chi connectivity index (χ3n) is 5.16. The fourth-order valence-electron chi connectivity index (χ4n) is 3.62. The molecule has 3 aromatic carbocycles. The lowest BCUT2D eigenvalue weighted by molar-refractivity contribution is 0.292. The lowest BCUT2D eigenvalue weighted by Crippen LogP contribution is -2.37. The highest BCUT2D eigenvalue weighted by Crippen LogP contribution is 2.38. The quantitative estimate of drug-likeness (QED) is 0.607. The van der Waals surface area contributed by atoms with Crippen molar-refractivity contribution >= 4 is 20.0 Å². The zero-order valence-electron chi connectivity index (χ0n) is 16.4. The summed E-state index contributed by atoms with van der Waals surface area (Å²) in [6.07, 6.45) is -0.956. The van der Waals surface area contributed by atoms with Gasteiger partial charge in [-0.1, -0.05) is 66.2 Å². The van der Waals surface area contributed by atoms with Gasteiger partial charge in [-0.3, -0.25) is 0 Å². The molecule has 0 aromatic heterocycles. The summed E-state index contributed by atoms with van der Waals surface area (Å²) in [4.78, 5) is 0.286. The highest BCUT2D eigenvalue weighted by molar-refractivity contribution is 7.90. The van der Waals surface area contributed by atoms with Crippen molar-refractivity contribution in [3.63, 3.8) is 0 Å². The number of aryl methyl sites for hydroxylation is 1. The Balaban J connectivity index is 1.82. The molecule has 156 valence electrons. The van der Waals surface area contributed by atoms with Crippen LogP contribution in [0.2, 0.25) is 0 Å². The van der Waals surface area contributed by atoms with E-state index in [0.717, 1.165) is 5.56 Å². The van der Waals surface area contributed by atoms with E-state index < -0.39 is 26.2 Å². The predicted octanol–water partition coefficient (Wildman–Crippen LogP) is 3.39. The van der Waals surface area contributed by atoms with Gasteiger partial charge in [0.2, 0.25) is 20.0 Å². The molecule has 1 atom stereocenters. The van der Waals surface area contributed by atoms with E-state index >= 15 is 0 Å². The highest BCUT2D eigenvalue weighted by atomic mass is 32.2. The van der Waals surface area contributed by atoms with Crippen molar-refractivity contribution in [1.82, 2.24) is 8.61 Å². The Morgan fingerprint density at radius 1 is 0.633 bits per heavy atom. The van der Waals surface area contributed by atoms with Crippen LogP contribution < -0.4 is 0 Å². The second kappa shape index (κ2) is 7.96. The number of rotatable bonds is 5. The lowest BCUT2D eigenvalue weighted by atomic mass is 10.2. The van der Waals surface area contributed by atoms with Gasteiger partial charge < -0.3 is 0 Å². The summed E-state index contributed by atoms with van der Waals surface area (Å²) < 4.78 is 56.2. The van der Waals surface area contributed by atoms with Crippen LogP contribution in [0.4, 0.5) is 0 Å². The van der Waals surface area contributed by atoms with Crippen LogP contribution in [0.25, 0.3) is 0 Å². The van der Waals surface area contributed by atoms with E-state index in [1.54, 1.807) is 66.7 Å². The molecule has 0 saturated carbocycles. The maximum absolute atomic E-state index is 13.4. The molecule has 30 heavy (non-hydrogen) atoms. The van der Waals surface area contributed by atoms with Gasteiger partial charge >= 0.3 is 0 Å². The number of benzene rings is 3. The molecule has 1 aliphatic rings. The third kappa shape index (κ3) is 3.67. The van der Waals surface area contributed by atoms with E-state index in [4.69, 9.17) is 0 Å². The molecule has 0 bridgehead atoms. The van der Waals surface area contributed by atoms with Crippen molar-refractivity contribution in [3.8, 4) is 0 Å². The van der Waals surface area contributed by atoms with E-state index in [1.165, 1.54) is 20.7 Å². The maximum Gasteiger partial charge on any atom is 0.244 e. The molecule has 1 saturated heterocycles. The van der Waals surface area contributed by atoms with E-state index in [9.17, 15) is 16.8 Å². The van der Waals surface area contributed by atoms with Crippen LogP contribution in [0, 0.1) is 6.92 Å². The molecule has 0 N–H and O–H groups in total. The summed E-state index contributed by atoms with van der Waals surface area (Å²) in [5.74, 6) is 0. The molecule has 8 heteroatoms. The first-order chi connectivity index (χ1) is 14.3. The smallest absolute Gasteiger partial charge is 0.207 e. The van der Waals surface area contributed by atoms with Crippen LogP contribution in [-0.4, -0.2) is 38.5 Å². The summed E-state index contributed by atoms with van der Waals surface area (Å²) >= 11 is 0. The predicted molar refractivity (Wildman–Crippen MR) is 115 cm³/mol. The lowest BCUT2D eigenvalue weighted by Gasteiger charge is -2.29. The SMILES string of the molecule is Cc1ccc(S(=O)(=O)N2CCN(S(=O)(=O)c3ccccc3)[C@H]2c2ccccc2)cc1. The van der Waals surface area contributed by atoms with Gasteiger partial charge in [-0.2, -0.15) is 8.61 Å². The number of sulfonamides is 2.